The minimum atomic E-state index is -0.590. The zero-order chi connectivity index (χ0) is 35.9. The second-order valence-electron chi connectivity index (χ2n) is 12.7. The first kappa shape index (κ1) is 39.2. The molecule has 1 aliphatic rings. The average Bonchev–Trinajstić information content (AvgIpc) is 3.89. The molecule has 1 atom stereocenters. The fourth-order valence-electron chi connectivity index (χ4n) is 5.81. The van der Waals surface area contributed by atoms with Gasteiger partial charge < -0.3 is 24.8 Å². The maximum absolute atomic E-state index is 15.5. The summed E-state index contributed by atoms with van der Waals surface area (Å²) in [5.41, 5.74) is 5.56. The van der Waals surface area contributed by atoms with E-state index in [9.17, 15) is 10.1 Å². The van der Waals surface area contributed by atoms with Crippen LogP contribution in [0.5, 0.6) is 5.75 Å². The molecule has 1 aliphatic heterocycles. The summed E-state index contributed by atoms with van der Waals surface area (Å²) in [6, 6.07) is 23.3. The summed E-state index contributed by atoms with van der Waals surface area (Å²) in [6.07, 6.45) is 2.30. The number of hydrogen-bond donors (Lipinski definition) is 1. The van der Waals surface area contributed by atoms with Gasteiger partial charge in [0.15, 0.2) is 0 Å². The van der Waals surface area contributed by atoms with Crippen molar-refractivity contribution in [3.63, 3.8) is 0 Å². The number of ether oxygens (including phenoxy) is 2. The number of nitrogens with zero attached hydrogens (tertiary/aromatic N) is 7. The van der Waals surface area contributed by atoms with Crippen molar-refractivity contribution < 1.29 is 70.0 Å². The van der Waals surface area contributed by atoms with Crippen LogP contribution in [0.3, 0.4) is 0 Å². The molecule has 11 nitrogen and oxygen atoms in total. The summed E-state index contributed by atoms with van der Waals surface area (Å²) in [5.74, 6) is 0.181. The van der Waals surface area contributed by atoms with Gasteiger partial charge in [-0.2, -0.15) is 14.9 Å². The number of benzene rings is 3. The summed E-state index contributed by atoms with van der Waals surface area (Å²) >= 11 is 1.17. The zero-order valence-electron chi connectivity index (χ0n) is 29.9. The van der Waals surface area contributed by atoms with Crippen LogP contribution in [-0.4, -0.2) is 50.8 Å². The van der Waals surface area contributed by atoms with E-state index in [1.165, 1.54) is 11.3 Å². The number of unbranched alkanes of at least 4 members (excludes halogenated alkanes) is 1. The van der Waals surface area contributed by atoms with E-state index in [1.54, 1.807) is 19.1 Å². The maximum atomic E-state index is 15.5. The van der Waals surface area contributed by atoms with Crippen LogP contribution in [0, 0.1) is 24.2 Å². The average molecular weight is 745 g/mol. The second-order valence-corrected chi connectivity index (χ2v) is 13.7. The van der Waals surface area contributed by atoms with Crippen molar-refractivity contribution in [1.82, 2.24) is 35.8 Å². The molecule has 0 amide bonds. The Kier molecular flexibility index (Phi) is 13.7. The maximum Gasteiger partial charge on any atom is 1.00 e. The third-order valence-electron chi connectivity index (χ3n) is 8.45. The molecule has 0 spiro atoms. The standard InChI is InChI=1S/C38H38FN8O3S.K/c1-5-6-11-33-42-35(39)31(47(33)20-25-12-14-26(15-13-25)29-9-7-8-10-30(29)36-43-45-46-44-36)22-50-38(48)34-24(4)41-37(51-34)27-16-17-32(28(18-27)19-40)49-21-23(2)3;/h7-10,12-18,23,33,42H,5-6,11,20-22H2,1-4H3;/q-1;+1. The fraction of sp³-hybridized carbons (Fsp3) is 0.316. The Balaban J connectivity index is 0.00000523. The number of esters is 1. The predicted molar refractivity (Wildman–Crippen MR) is 192 cm³/mol. The summed E-state index contributed by atoms with van der Waals surface area (Å²) in [6.45, 7) is 8.55. The van der Waals surface area contributed by atoms with E-state index < -0.39 is 11.9 Å². The molecule has 0 bridgehead atoms. The number of tetrazole rings is 1. The largest absolute Gasteiger partial charge is 1.00 e. The number of hydrogen-bond acceptors (Lipinski definition) is 11. The van der Waals surface area contributed by atoms with Gasteiger partial charge in [-0.1, -0.05) is 75.7 Å². The number of carbonyl (C=O) groups excluding carboxylic acids is 1. The summed E-state index contributed by atoms with van der Waals surface area (Å²) in [5, 5.41) is 28.5. The van der Waals surface area contributed by atoms with Crippen molar-refractivity contribution in [2.45, 2.75) is 59.7 Å². The van der Waals surface area contributed by atoms with Crippen molar-refractivity contribution in [2.75, 3.05) is 13.2 Å². The quantitative estimate of drug-likeness (QED) is 0.0982. The van der Waals surface area contributed by atoms with Crippen LogP contribution in [0.2, 0.25) is 0 Å². The summed E-state index contributed by atoms with van der Waals surface area (Å²) in [7, 11) is 0. The minimum absolute atomic E-state index is 0. The van der Waals surface area contributed by atoms with Gasteiger partial charge in [0.2, 0.25) is 5.95 Å². The molecular weight excluding hydrogens is 707 g/mol. The molecular formula is C38H38FKN8O3S. The Morgan fingerprint density at radius 1 is 1.12 bits per heavy atom. The van der Waals surface area contributed by atoms with Crippen molar-refractivity contribution >= 4 is 17.3 Å². The molecule has 1 N–H and O–H groups in total. The monoisotopic (exact) mass is 744 g/mol. The fourth-order valence-corrected chi connectivity index (χ4v) is 6.77. The smallest absolute Gasteiger partial charge is 0.492 e. The van der Waals surface area contributed by atoms with Crippen LogP contribution in [-0.2, 0) is 11.3 Å². The first-order valence-electron chi connectivity index (χ1n) is 16.9. The van der Waals surface area contributed by atoms with Crippen LogP contribution >= 0.6 is 11.3 Å². The van der Waals surface area contributed by atoms with E-state index >= 15 is 4.39 Å². The van der Waals surface area contributed by atoms with Gasteiger partial charge in [0, 0.05) is 17.9 Å². The number of carbonyl (C=O) groups is 1. The predicted octanol–water partition coefficient (Wildman–Crippen LogP) is 4.42. The van der Waals surface area contributed by atoms with Gasteiger partial charge in [-0.05, 0) is 66.1 Å². The summed E-state index contributed by atoms with van der Waals surface area (Å²) < 4.78 is 27.0. The van der Waals surface area contributed by atoms with Crippen LogP contribution in [0.25, 0.3) is 33.1 Å². The SMILES string of the molecule is CCCCC1NC(F)=C(COC(=O)c2sc(-c3ccc(OCC(C)C)c(C#N)c3)nc2C)N1Cc1ccc(-c2ccccc2-c2nnn[n-]2)cc1.[K+]. The van der Waals surface area contributed by atoms with Crippen molar-refractivity contribution in [3.8, 4) is 44.9 Å². The number of aromatic nitrogens is 5. The van der Waals surface area contributed by atoms with Crippen LogP contribution in [0.1, 0.15) is 66.5 Å². The molecule has 0 saturated heterocycles. The Morgan fingerprint density at radius 3 is 2.56 bits per heavy atom. The normalized spacial score (nSPS) is 13.9. The number of thiazole rings is 1. The van der Waals surface area contributed by atoms with E-state index in [2.05, 4.69) is 43.9 Å². The molecule has 1 unspecified atom stereocenters. The molecule has 0 aliphatic carbocycles. The Hall–Kier alpha value is -3.97. The molecule has 0 saturated carbocycles. The Morgan fingerprint density at radius 2 is 1.87 bits per heavy atom. The molecule has 3 heterocycles. The van der Waals surface area contributed by atoms with Gasteiger partial charge in [-0.15, -0.1) is 11.3 Å². The van der Waals surface area contributed by atoms with Gasteiger partial charge in [0.1, 0.15) is 40.2 Å². The van der Waals surface area contributed by atoms with E-state index in [4.69, 9.17) is 9.47 Å². The zero-order valence-corrected chi connectivity index (χ0v) is 33.8. The molecule has 3 aromatic carbocycles. The van der Waals surface area contributed by atoms with Crippen molar-refractivity contribution in [1.29, 1.82) is 5.26 Å². The molecule has 52 heavy (non-hydrogen) atoms. The molecule has 0 fully saturated rings. The topological polar surface area (TPSA) is 140 Å². The minimum Gasteiger partial charge on any atom is -0.492 e. The van der Waals surface area contributed by atoms with Crippen LogP contribution < -0.4 is 66.5 Å². The Bertz CT molecular complexity index is 2060. The van der Waals surface area contributed by atoms with Gasteiger partial charge in [0.25, 0.3) is 0 Å². The van der Waals surface area contributed by atoms with Gasteiger partial charge in [-0.3, -0.25) is 10.3 Å². The van der Waals surface area contributed by atoms with Crippen LogP contribution in [0.4, 0.5) is 4.39 Å². The third kappa shape index (κ3) is 9.14. The Labute approximate surface area is 349 Å². The molecule has 2 aromatic heterocycles. The molecule has 14 heteroatoms. The van der Waals surface area contributed by atoms with Crippen LogP contribution in [0.15, 0.2) is 78.4 Å². The first-order chi connectivity index (χ1) is 24.7. The van der Waals surface area contributed by atoms with E-state index in [-0.39, 0.29) is 69.9 Å². The molecule has 262 valence electrons. The van der Waals surface area contributed by atoms with Gasteiger partial charge >= 0.3 is 57.4 Å². The van der Waals surface area contributed by atoms with Crippen molar-refractivity contribution in [2.24, 2.45) is 5.92 Å². The number of rotatable bonds is 14. The number of nitriles is 1. The summed E-state index contributed by atoms with van der Waals surface area (Å²) in [4.78, 5) is 20.2. The third-order valence-corrected chi connectivity index (χ3v) is 9.63. The van der Waals surface area contributed by atoms with E-state index in [0.717, 1.165) is 41.5 Å². The van der Waals surface area contributed by atoms with Crippen molar-refractivity contribution in [3.05, 3.63) is 100 Å². The molecule has 0 radical (unpaired) electrons. The molecule has 5 aromatic rings. The first-order valence-corrected chi connectivity index (χ1v) is 17.7. The van der Waals surface area contributed by atoms with E-state index in [0.29, 0.717) is 57.3 Å². The van der Waals surface area contributed by atoms with E-state index in [1.807, 2.05) is 73.3 Å². The number of nitrogens with one attached hydrogen (secondary N) is 1. The van der Waals surface area contributed by atoms with Gasteiger partial charge in [-0.25, -0.2) is 9.78 Å². The number of halogens is 1. The second kappa shape index (κ2) is 18.2. The van der Waals surface area contributed by atoms with Gasteiger partial charge in [0.05, 0.1) is 17.9 Å². The molecule has 6 rings (SSSR count). The number of aryl methyl sites for hydroxylation is 1.